The highest BCUT2D eigenvalue weighted by Crippen LogP contribution is 2.27. The third-order valence-corrected chi connectivity index (χ3v) is 5.07. The van der Waals surface area contributed by atoms with Crippen molar-refractivity contribution < 1.29 is 14.6 Å². The van der Waals surface area contributed by atoms with Crippen LogP contribution in [-0.2, 0) is 9.53 Å². The van der Waals surface area contributed by atoms with Crippen LogP contribution in [-0.4, -0.2) is 47.4 Å². The highest BCUT2D eigenvalue weighted by molar-refractivity contribution is 7.99. The highest BCUT2D eigenvalue weighted by atomic mass is 32.2. The molecule has 0 radical (unpaired) electrons. The van der Waals surface area contributed by atoms with Crippen molar-refractivity contribution in [2.75, 3.05) is 12.8 Å². The zero-order valence-electron chi connectivity index (χ0n) is 10.9. The van der Waals surface area contributed by atoms with Gasteiger partial charge in [0.15, 0.2) is 6.10 Å². The van der Waals surface area contributed by atoms with Crippen LogP contribution in [0.1, 0.15) is 38.5 Å². The maximum atomic E-state index is 10.8. The van der Waals surface area contributed by atoms with Crippen LogP contribution in [0.25, 0.3) is 0 Å². The minimum atomic E-state index is -0.822. The van der Waals surface area contributed by atoms with Crippen LogP contribution in [0, 0.1) is 0 Å². The molecule has 1 saturated heterocycles. The number of hydrogen-bond acceptors (Lipinski definition) is 4. The largest absolute Gasteiger partial charge is 0.479 e. The van der Waals surface area contributed by atoms with Crippen LogP contribution in [0.2, 0.25) is 0 Å². The van der Waals surface area contributed by atoms with E-state index in [1.807, 2.05) is 11.8 Å². The lowest BCUT2D eigenvalue weighted by molar-refractivity contribution is -0.149. The fraction of sp³-hybridized carbons (Fsp3) is 0.923. The van der Waals surface area contributed by atoms with Crippen LogP contribution in [0.4, 0.5) is 0 Å². The summed E-state index contributed by atoms with van der Waals surface area (Å²) in [5.74, 6) is -0.822. The molecule has 5 heteroatoms. The van der Waals surface area contributed by atoms with E-state index in [0.29, 0.717) is 12.5 Å². The molecule has 2 fully saturated rings. The van der Waals surface area contributed by atoms with Crippen LogP contribution < -0.4 is 5.32 Å². The van der Waals surface area contributed by atoms with Gasteiger partial charge in [-0.05, 0) is 38.4 Å². The summed E-state index contributed by atoms with van der Waals surface area (Å²) in [5, 5.41) is 13.2. The quantitative estimate of drug-likeness (QED) is 0.801. The fourth-order valence-electron chi connectivity index (χ4n) is 2.88. The van der Waals surface area contributed by atoms with E-state index in [4.69, 9.17) is 9.84 Å². The van der Waals surface area contributed by atoms with Gasteiger partial charge in [0, 0.05) is 17.8 Å². The number of aliphatic carboxylic acids is 1. The van der Waals surface area contributed by atoms with E-state index in [0.717, 1.165) is 18.2 Å². The number of rotatable bonds is 5. The Hall–Kier alpha value is -0.260. The lowest BCUT2D eigenvalue weighted by atomic mass is 9.95. The van der Waals surface area contributed by atoms with Gasteiger partial charge in [0.05, 0.1) is 6.10 Å². The Bertz CT molecular complexity index is 287. The summed E-state index contributed by atoms with van der Waals surface area (Å²) in [7, 11) is 0. The normalized spacial score (nSPS) is 36.7. The van der Waals surface area contributed by atoms with Crippen molar-refractivity contribution in [3.05, 3.63) is 0 Å². The number of ether oxygens (including phenoxy) is 1. The second kappa shape index (κ2) is 6.78. The van der Waals surface area contributed by atoms with Gasteiger partial charge in [0.1, 0.15) is 0 Å². The summed E-state index contributed by atoms with van der Waals surface area (Å²) in [6.07, 6.45) is 8.31. The molecule has 0 bridgehead atoms. The van der Waals surface area contributed by atoms with Crippen LogP contribution in [0.3, 0.4) is 0 Å². The first-order chi connectivity index (χ1) is 8.69. The molecule has 1 heterocycles. The topological polar surface area (TPSA) is 58.6 Å². The number of thioether (sulfide) groups is 1. The van der Waals surface area contributed by atoms with Crippen LogP contribution >= 0.6 is 11.8 Å². The third kappa shape index (κ3) is 3.87. The van der Waals surface area contributed by atoms with E-state index in [-0.39, 0.29) is 6.10 Å². The fourth-order valence-corrected chi connectivity index (χ4v) is 3.71. The van der Waals surface area contributed by atoms with E-state index in [2.05, 4.69) is 11.6 Å². The molecular weight excluding hydrogens is 250 g/mol. The molecule has 104 valence electrons. The van der Waals surface area contributed by atoms with Crippen molar-refractivity contribution in [3.8, 4) is 0 Å². The van der Waals surface area contributed by atoms with Crippen LogP contribution in [0.15, 0.2) is 0 Å². The van der Waals surface area contributed by atoms with Gasteiger partial charge in [0.25, 0.3) is 0 Å². The van der Waals surface area contributed by atoms with Crippen molar-refractivity contribution in [2.24, 2.45) is 0 Å². The number of carboxylic acid groups (broad SMARTS) is 1. The molecule has 4 unspecified atom stereocenters. The summed E-state index contributed by atoms with van der Waals surface area (Å²) in [5.41, 5.74) is 0. The summed E-state index contributed by atoms with van der Waals surface area (Å²) >= 11 is 1.96. The smallest absolute Gasteiger partial charge is 0.332 e. The maximum Gasteiger partial charge on any atom is 0.332 e. The highest BCUT2D eigenvalue weighted by Gasteiger charge is 2.31. The molecule has 18 heavy (non-hydrogen) atoms. The Balaban J connectivity index is 1.67. The predicted molar refractivity (Wildman–Crippen MR) is 73.1 cm³/mol. The molecule has 1 saturated carbocycles. The molecule has 4 nitrogen and oxygen atoms in total. The standard InChI is InChI=1S/C13H23NO3S/c1-18-11-4-2-3-9(7-11)14-8-10-5-6-12(17-10)13(15)16/h9-12,14H,2-8H2,1H3,(H,15,16). The number of hydrogen-bond donors (Lipinski definition) is 2. The molecule has 0 spiro atoms. The number of carbonyl (C=O) groups is 1. The molecule has 1 aliphatic carbocycles. The van der Waals surface area contributed by atoms with Crippen molar-refractivity contribution in [2.45, 2.75) is 62.0 Å². The molecule has 0 aromatic rings. The van der Waals surface area contributed by atoms with E-state index in [9.17, 15) is 4.79 Å². The Morgan fingerprint density at radius 3 is 2.89 bits per heavy atom. The van der Waals surface area contributed by atoms with E-state index in [1.54, 1.807) is 0 Å². The molecular formula is C13H23NO3S. The summed E-state index contributed by atoms with van der Waals surface area (Å²) in [6, 6.07) is 0.587. The Morgan fingerprint density at radius 1 is 1.39 bits per heavy atom. The summed E-state index contributed by atoms with van der Waals surface area (Å²) in [6.45, 7) is 0.801. The van der Waals surface area contributed by atoms with Gasteiger partial charge >= 0.3 is 5.97 Å². The Morgan fingerprint density at radius 2 is 2.22 bits per heavy atom. The second-order valence-corrected chi connectivity index (χ2v) is 6.43. The van der Waals surface area contributed by atoms with Crippen molar-refractivity contribution >= 4 is 17.7 Å². The van der Waals surface area contributed by atoms with E-state index in [1.165, 1.54) is 25.7 Å². The van der Waals surface area contributed by atoms with Gasteiger partial charge in [0.2, 0.25) is 0 Å². The van der Waals surface area contributed by atoms with Crippen molar-refractivity contribution in [1.82, 2.24) is 5.32 Å². The minimum absolute atomic E-state index is 0.0840. The van der Waals surface area contributed by atoms with E-state index < -0.39 is 12.1 Å². The van der Waals surface area contributed by atoms with Gasteiger partial charge in [-0.2, -0.15) is 11.8 Å². The summed E-state index contributed by atoms with van der Waals surface area (Å²) in [4.78, 5) is 10.8. The first kappa shape index (κ1) is 14.2. The summed E-state index contributed by atoms with van der Waals surface area (Å²) < 4.78 is 5.50. The number of nitrogens with one attached hydrogen (secondary N) is 1. The molecule has 1 aliphatic heterocycles. The Kier molecular flexibility index (Phi) is 5.33. The predicted octanol–water partition coefficient (Wildman–Crippen LogP) is 1.88. The van der Waals surface area contributed by atoms with Crippen molar-refractivity contribution in [1.29, 1.82) is 0 Å². The zero-order chi connectivity index (χ0) is 13.0. The lowest BCUT2D eigenvalue weighted by Crippen LogP contribution is -2.39. The monoisotopic (exact) mass is 273 g/mol. The number of carboxylic acids is 1. The molecule has 2 aliphatic rings. The molecule has 4 atom stereocenters. The average molecular weight is 273 g/mol. The zero-order valence-corrected chi connectivity index (χ0v) is 11.7. The molecule has 2 N–H and O–H groups in total. The Labute approximate surface area is 113 Å². The minimum Gasteiger partial charge on any atom is -0.479 e. The van der Waals surface area contributed by atoms with E-state index >= 15 is 0 Å². The van der Waals surface area contributed by atoms with Gasteiger partial charge in [-0.3, -0.25) is 0 Å². The van der Waals surface area contributed by atoms with Gasteiger partial charge in [-0.1, -0.05) is 6.42 Å². The average Bonchev–Trinajstić information content (AvgIpc) is 2.85. The maximum absolute atomic E-state index is 10.8. The SMILES string of the molecule is CSC1CCCC(NCC2CCC(C(=O)O)O2)C1. The third-order valence-electron chi connectivity index (χ3n) is 3.98. The first-order valence-corrected chi connectivity index (χ1v) is 8.12. The molecule has 2 rings (SSSR count). The molecule has 0 aromatic carbocycles. The molecule has 0 amide bonds. The van der Waals surface area contributed by atoms with Gasteiger partial charge < -0.3 is 15.2 Å². The lowest BCUT2D eigenvalue weighted by Gasteiger charge is -2.29. The van der Waals surface area contributed by atoms with Gasteiger partial charge in [-0.15, -0.1) is 0 Å². The second-order valence-electron chi connectivity index (χ2n) is 5.29. The van der Waals surface area contributed by atoms with Crippen molar-refractivity contribution in [3.63, 3.8) is 0 Å². The first-order valence-electron chi connectivity index (χ1n) is 6.83. The van der Waals surface area contributed by atoms with Crippen LogP contribution in [0.5, 0.6) is 0 Å². The van der Waals surface area contributed by atoms with Gasteiger partial charge in [-0.25, -0.2) is 4.79 Å². The molecule has 0 aromatic heterocycles.